The monoisotopic (exact) mass is 537 g/mol. The highest BCUT2D eigenvalue weighted by molar-refractivity contribution is 6.51. The second-order valence-corrected chi connectivity index (χ2v) is 10.7. The molecule has 0 amide bonds. The van der Waals surface area contributed by atoms with Crippen molar-refractivity contribution in [2.45, 2.75) is 19.9 Å². The molecule has 4 aromatic carbocycles. The predicted octanol–water partition coefficient (Wildman–Crippen LogP) is 7.35. The van der Waals surface area contributed by atoms with E-state index in [-0.39, 0.29) is 6.04 Å². The van der Waals surface area contributed by atoms with Crippen LogP contribution in [0.4, 0.5) is 28.6 Å². The smallest absolute Gasteiger partial charge is 0.179 e. The Hall–Kier alpha value is -5.17. The van der Waals surface area contributed by atoms with Crippen LogP contribution < -0.4 is 15.1 Å². The quantitative estimate of drug-likeness (QED) is 0.260. The van der Waals surface area contributed by atoms with Crippen molar-refractivity contribution < 1.29 is 0 Å². The van der Waals surface area contributed by atoms with Crippen LogP contribution in [-0.2, 0) is 0 Å². The first kappa shape index (κ1) is 24.8. The van der Waals surface area contributed by atoms with E-state index < -0.39 is 0 Å². The fraction of sp³-hybridized carbons (Fsp3) is 0.147. The van der Waals surface area contributed by atoms with Crippen molar-refractivity contribution in [3.05, 3.63) is 126 Å². The number of nitrogens with zero attached hydrogens (tertiary/aromatic N) is 6. The van der Waals surface area contributed by atoms with Gasteiger partial charge < -0.3 is 15.1 Å². The van der Waals surface area contributed by atoms with Crippen LogP contribution in [0.2, 0.25) is 0 Å². The van der Waals surface area contributed by atoms with E-state index >= 15 is 0 Å². The average Bonchev–Trinajstić information content (AvgIpc) is 3.32. The maximum absolute atomic E-state index is 5.33. The summed E-state index contributed by atoms with van der Waals surface area (Å²) in [6, 6.07) is 35.4. The summed E-state index contributed by atoms with van der Waals surface area (Å²) in [5.74, 6) is 2.28. The Morgan fingerprint density at radius 3 is 2.29 bits per heavy atom. The number of nitrogens with one attached hydrogen (secondary N) is 1. The van der Waals surface area contributed by atoms with E-state index in [1.165, 1.54) is 5.56 Å². The molecule has 0 aliphatic carbocycles. The van der Waals surface area contributed by atoms with E-state index in [4.69, 9.17) is 15.1 Å². The topological polar surface area (TPSA) is 61.1 Å². The lowest BCUT2D eigenvalue weighted by molar-refractivity contribution is 0.815. The summed E-state index contributed by atoms with van der Waals surface area (Å²) >= 11 is 0. The molecular formula is C34H31N7. The molecule has 7 rings (SSSR count). The third-order valence-electron chi connectivity index (χ3n) is 7.65. The van der Waals surface area contributed by atoms with Crippen LogP contribution in [0.25, 0.3) is 5.69 Å². The summed E-state index contributed by atoms with van der Waals surface area (Å²) in [6.07, 6.45) is 0. The number of fused-ring (bicyclic) bond motifs is 4. The van der Waals surface area contributed by atoms with E-state index in [0.29, 0.717) is 5.84 Å². The molecule has 1 atom stereocenters. The molecule has 1 N–H and O–H groups in total. The van der Waals surface area contributed by atoms with Crippen LogP contribution >= 0.6 is 0 Å². The van der Waals surface area contributed by atoms with Crippen LogP contribution in [0.15, 0.2) is 113 Å². The van der Waals surface area contributed by atoms with Crippen LogP contribution in [0.3, 0.4) is 0 Å². The molecule has 2 aliphatic heterocycles. The van der Waals surface area contributed by atoms with Crippen LogP contribution in [-0.4, -0.2) is 35.5 Å². The molecule has 0 saturated carbocycles. The largest absolute Gasteiger partial charge is 0.378 e. The molecule has 7 nitrogen and oxygen atoms in total. The number of aromatic nitrogens is 2. The summed E-state index contributed by atoms with van der Waals surface area (Å²) in [5.41, 5.74) is 9.36. The van der Waals surface area contributed by atoms with Crippen molar-refractivity contribution in [3.8, 4) is 5.69 Å². The molecule has 2 aliphatic rings. The van der Waals surface area contributed by atoms with Crippen molar-refractivity contribution >= 4 is 40.2 Å². The fourth-order valence-corrected chi connectivity index (χ4v) is 5.68. The first-order valence-corrected chi connectivity index (χ1v) is 13.8. The van der Waals surface area contributed by atoms with Gasteiger partial charge in [0.1, 0.15) is 0 Å². The summed E-state index contributed by atoms with van der Waals surface area (Å²) < 4.78 is 1.96. The molecule has 3 heterocycles. The van der Waals surface area contributed by atoms with Gasteiger partial charge in [0.05, 0.1) is 28.8 Å². The maximum atomic E-state index is 5.33. The van der Waals surface area contributed by atoms with E-state index in [0.717, 1.165) is 56.9 Å². The van der Waals surface area contributed by atoms with Crippen molar-refractivity contribution in [2.75, 3.05) is 29.2 Å². The van der Waals surface area contributed by atoms with Crippen LogP contribution in [0, 0.1) is 13.8 Å². The minimum absolute atomic E-state index is 0.155. The normalized spacial score (nSPS) is 15.3. The Morgan fingerprint density at radius 2 is 1.54 bits per heavy atom. The Morgan fingerprint density at radius 1 is 0.780 bits per heavy atom. The Balaban J connectivity index is 1.48. The van der Waals surface area contributed by atoms with Gasteiger partial charge in [0.2, 0.25) is 0 Å². The predicted molar refractivity (Wildman–Crippen MR) is 169 cm³/mol. The molecule has 41 heavy (non-hydrogen) atoms. The van der Waals surface area contributed by atoms with E-state index in [9.17, 15) is 0 Å². The third-order valence-corrected chi connectivity index (χ3v) is 7.65. The number of rotatable bonds is 4. The second-order valence-electron chi connectivity index (χ2n) is 10.7. The zero-order chi connectivity index (χ0) is 28.1. The Bertz CT molecular complexity index is 1810. The number of anilines is 3. The minimum atomic E-state index is -0.155. The molecule has 0 unspecified atom stereocenters. The first-order chi connectivity index (χ1) is 20.0. The highest BCUT2D eigenvalue weighted by Crippen LogP contribution is 2.48. The molecule has 0 spiro atoms. The molecule has 0 radical (unpaired) electrons. The summed E-state index contributed by atoms with van der Waals surface area (Å²) in [6.45, 7) is 4.17. The SMILES string of the molecule is Cc1cccc(NC2=Nc3ccccc3N3C2=Nc2c(c(C)nn2-c2ccccc2)[C@@H]3c2ccc(N(C)C)cc2)c1. The van der Waals surface area contributed by atoms with Gasteiger partial charge in [0, 0.05) is 31.0 Å². The zero-order valence-electron chi connectivity index (χ0n) is 23.6. The van der Waals surface area contributed by atoms with Crippen molar-refractivity contribution in [1.29, 1.82) is 0 Å². The highest BCUT2D eigenvalue weighted by atomic mass is 15.4. The first-order valence-electron chi connectivity index (χ1n) is 13.8. The lowest BCUT2D eigenvalue weighted by Gasteiger charge is -2.40. The number of para-hydroxylation sites is 3. The molecule has 0 fully saturated rings. The molecule has 0 saturated heterocycles. The van der Waals surface area contributed by atoms with Gasteiger partial charge in [-0.2, -0.15) is 5.10 Å². The number of aryl methyl sites for hydroxylation is 2. The molecular weight excluding hydrogens is 506 g/mol. The summed E-state index contributed by atoms with van der Waals surface area (Å²) in [7, 11) is 4.13. The number of aliphatic imine (C=N–C) groups is 2. The third kappa shape index (κ3) is 4.26. The Kier molecular flexibility index (Phi) is 5.93. The summed E-state index contributed by atoms with van der Waals surface area (Å²) in [4.78, 5) is 14.9. The van der Waals surface area contributed by atoms with Crippen LogP contribution in [0.5, 0.6) is 0 Å². The van der Waals surface area contributed by atoms with Gasteiger partial charge in [-0.1, -0.05) is 54.6 Å². The lowest BCUT2D eigenvalue weighted by atomic mass is 9.93. The molecule has 7 heteroatoms. The van der Waals surface area contributed by atoms with Crippen molar-refractivity contribution in [1.82, 2.24) is 9.78 Å². The summed E-state index contributed by atoms with van der Waals surface area (Å²) in [5, 5.41) is 8.63. The van der Waals surface area contributed by atoms with Gasteiger partial charge in [0.25, 0.3) is 0 Å². The number of amidine groups is 2. The number of hydrogen-bond donors (Lipinski definition) is 1. The van der Waals surface area contributed by atoms with Crippen molar-refractivity contribution in [2.24, 2.45) is 9.98 Å². The zero-order valence-corrected chi connectivity index (χ0v) is 23.6. The fourth-order valence-electron chi connectivity index (χ4n) is 5.68. The second kappa shape index (κ2) is 9.78. The van der Waals surface area contributed by atoms with Gasteiger partial charge in [-0.05, 0) is 73.5 Å². The van der Waals surface area contributed by atoms with E-state index in [1.54, 1.807) is 0 Å². The van der Waals surface area contributed by atoms with Gasteiger partial charge >= 0.3 is 0 Å². The lowest BCUT2D eigenvalue weighted by Crippen LogP contribution is -2.46. The van der Waals surface area contributed by atoms with Crippen molar-refractivity contribution in [3.63, 3.8) is 0 Å². The number of benzene rings is 4. The van der Waals surface area contributed by atoms with Gasteiger partial charge in [0.15, 0.2) is 17.5 Å². The average molecular weight is 538 g/mol. The standard InChI is InChI=1S/C34H31N7/c1-22-11-10-12-25(21-22)35-32-34-37-33-30(23(2)38-41(33)27-13-6-5-7-14-27)31(24-17-19-26(20-18-24)39(3)4)40(34)29-16-9-8-15-28(29)36-32/h5-21,31H,1-4H3,(H,35,36)/t31-/m0/s1. The van der Waals surface area contributed by atoms with E-state index in [2.05, 4.69) is 122 Å². The maximum Gasteiger partial charge on any atom is 0.179 e. The van der Waals surface area contributed by atoms with E-state index in [1.807, 2.05) is 28.9 Å². The molecule has 1 aromatic heterocycles. The highest BCUT2D eigenvalue weighted by Gasteiger charge is 2.41. The Labute approximate surface area is 240 Å². The molecule has 5 aromatic rings. The van der Waals surface area contributed by atoms with Gasteiger partial charge in [-0.25, -0.2) is 14.7 Å². The molecule has 202 valence electrons. The number of hydrogen-bond acceptors (Lipinski definition) is 6. The van der Waals surface area contributed by atoms with Gasteiger partial charge in [-0.15, -0.1) is 0 Å². The van der Waals surface area contributed by atoms with Crippen LogP contribution in [0.1, 0.15) is 28.4 Å². The minimum Gasteiger partial charge on any atom is -0.378 e. The molecule has 0 bridgehead atoms. The van der Waals surface area contributed by atoms with Gasteiger partial charge in [-0.3, -0.25) is 0 Å².